The minimum atomic E-state index is -1.10. The number of hydrogen-bond acceptors (Lipinski definition) is 4. The Morgan fingerprint density at radius 1 is 1.30 bits per heavy atom. The lowest BCUT2D eigenvalue weighted by Gasteiger charge is -2.33. The van der Waals surface area contributed by atoms with Crippen LogP contribution in [0.15, 0.2) is 18.2 Å². The minimum Gasteiger partial charge on any atom is -0.480 e. The van der Waals surface area contributed by atoms with Crippen molar-refractivity contribution in [3.8, 4) is 0 Å². The summed E-state index contributed by atoms with van der Waals surface area (Å²) < 4.78 is 1.70. The third-order valence-corrected chi connectivity index (χ3v) is 4.60. The van der Waals surface area contributed by atoms with Gasteiger partial charge in [-0.1, -0.05) is 29.3 Å². The van der Waals surface area contributed by atoms with Crippen molar-refractivity contribution in [2.45, 2.75) is 26.1 Å². The normalized spacial score (nSPS) is 17.0. The van der Waals surface area contributed by atoms with Crippen molar-refractivity contribution < 1.29 is 14.7 Å². The number of benzene rings is 1. The second-order valence-corrected chi connectivity index (χ2v) is 5.95. The largest absolute Gasteiger partial charge is 0.480 e. The van der Waals surface area contributed by atoms with Crippen molar-refractivity contribution in [2.75, 3.05) is 0 Å². The van der Waals surface area contributed by atoms with Crippen LogP contribution in [-0.2, 0) is 17.9 Å². The predicted octanol–water partition coefficient (Wildman–Crippen LogP) is 2.00. The monoisotopic (exact) mass is 354 g/mol. The maximum Gasteiger partial charge on any atom is 0.328 e. The number of carbonyl (C=O) groups is 2. The first-order chi connectivity index (χ1) is 10.9. The molecule has 0 fully saturated rings. The number of aliphatic carboxylic acids is 1. The maximum absolute atomic E-state index is 12.8. The molecule has 1 aliphatic rings. The van der Waals surface area contributed by atoms with Gasteiger partial charge >= 0.3 is 5.97 Å². The lowest BCUT2D eigenvalue weighted by Crippen LogP contribution is -2.50. The van der Waals surface area contributed by atoms with E-state index in [1.807, 2.05) is 0 Å². The summed E-state index contributed by atoms with van der Waals surface area (Å²) in [6, 6.07) is 3.64. The van der Waals surface area contributed by atoms with Gasteiger partial charge in [0.05, 0.1) is 28.7 Å². The van der Waals surface area contributed by atoms with Gasteiger partial charge in [0.25, 0.3) is 5.91 Å². The van der Waals surface area contributed by atoms with Gasteiger partial charge in [0, 0.05) is 0 Å². The van der Waals surface area contributed by atoms with E-state index in [4.69, 9.17) is 23.2 Å². The number of halogens is 2. The van der Waals surface area contributed by atoms with E-state index >= 15 is 0 Å². The Kier molecular flexibility index (Phi) is 3.99. The summed E-state index contributed by atoms with van der Waals surface area (Å²) in [5.74, 6) is -0.460. The lowest BCUT2D eigenvalue weighted by atomic mass is 10.1. The number of carbonyl (C=O) groups excluding carboxylic acids is 1. The topological polar surface area (TPSA) is 88.3 Å². The molecule has 3 rings (SSSR count). The molecule has 0 radical (unpaired) electrons. The van der Waals surface area contributed by atoms with Crippen LogP contribution in [0.5, 0.6) is 0 Å². The summed E-state index contributed by atoms with van der Waals surface area (Å²) in [7, 11) is 0. The molecule has 1 unspecified atom stereocenters. The Morgan fingerprint density at radius 2 is 2.04 bits per heavy atom. The van der Waals surface area contributed by atoms with Crippen LogP contribution in [0.2, 0.25) is 10.0 Å². The number of carboxylic acid groups (broad SMARTS) is 1. The predicted molar refractivity (Wildman–Crippen MR) is 82.5 cm³/mol. The molecule has 2 aromatic rings. The third-order valence-electron chi connectivity index (χ3n) is 3.78. The fourth-order valence-corrected chi connectivity index (χ4v) is 2.94. The Hall–Kier alpha value is -2.12. The van der Waals surface area contributed by atoms with Crippen LogP contribution in [-0.4, -0.2) is 42.7 Å². The van der Waals surface area contributed by atoms with Gasteiger partial charge in [0.1, 0.15) is 11.9 Å². The molecule has 1 N–H and O–H groups in total. The van der Waals surface area contributed by atoms with E-state index in [1.54, 1.807) is 23.6 Å². The molecule has 23 heavy (non-hydrogen) atoms. The van der Waals surface area contributed by atoms with Crippen molar-refractivity contribution in [3.63, 3.8) is 0 Å². The molecule has 0 saturated heterocycles. The zero-order valence-corrected chi connectivity index (χ0v) is 13.5. The Morgan fingerprint density at radius 3 is 2.74 bits per heavy atom. The number of amides is 1. The quantitative estimate of drug-likeness (QED) is 0.890. The molecule has 7 nitrogen and oxygen atoms in total. The van der Waals surface area contributed by atoms with Crippen LogP contribution in [0.3, 0.4) is 0 Å². The van der Waals surface area contributed by atoms with E-state index in [2.05, 4.69) is 10.2 Å². The molecular weight excluding hydrogens is 343 g/mol. The third kappa shape index (κ3) is 2.66. The van der Waals surface area contributed by atoms with Crippen LogP contribution in [0, 0.1) is 6.92 Å². The summed E-state index contributed by atoms with van der Waals surface area (Å²) in [4.78, 5) is 25.6. The highest BCUT2D eigenvalue weighted by Crippen LogP contribution is 2.28. The molecule has 1 atom stereocenters. The van der Waals surface area contributed by atoms with Gasteiger partial charge in [0.15, 0.2) is 5.82 Å². The highest BCUT2D eigenvalue weighted by Gasteiger charge is 2.37. The second-order valence-electron chi connectivity index (χ2n) is 5.16. The van der Waals surface area contributed by atoms with Gasteiger partial charge in [-0.15, -0.1) is 10.2 Å². The molecule has 0 saturated carbocycles. The number of carboxylic acids is 1. The van der Waals surface area contributed by atoms with Crippen molar-refractivity contribution in [2.24, 2.45) is 0 Å². The second kappa shape index (κ2) is 5.82. The summed E-state index contributed by atoms with van der Waals surface area (Å²) in [6.45, 7) is 1.87. The van der Waals surface area contributed by atoms with Gasteiger partial charge < -0.3 is 14.6 Å². The standard InChI is InChI=1S/C14H12Cl2N4O3/c1-7-17-18-11-6-20(10(14(22)23)5-19(7)11)13(21)8-3-2-4-9(15)12(8)16/h2-4,10H,5-6H2,1H3,(H,22,23). The molecule has 1 aliphatic heterocycles. The van der Waals surface area contributed by atoms with E-state index in [0.29, 0.717) is 11.6 Å². The molecule has 2 heterocycles. The van der Waals surface area contributed by atoms with Crippen molar-refractivity contribution in [3.05, 3.63) is 45.5 Å². The molecule has 0 bridgehead atoms. The molecule has 9 heteroatoms. The van der Waals surface area contributed by atoms with Crippen molar-refractivity contribution >= 4 is 35.1 Å². The molecular formula is C14H12Cl2N4O3. The molecule has 0 spiro atoms. The Bertz CT molecular complexity index is 805. The molecule has 120 valence electrons. The van der Waals surface area contributed by atoms with Gasteiger partial charge in [0.2, 0.25) is 0 Å². The molecule has 0 aliphatic carbocycles. The van der Waals surface area contributed by atoms with Crippen LogP contribution in [0.4, 0.5) is 0 Å². The van der Waals surface area contributed by atoms with Gasteiger partial charge in [-0.05, 0) is 19.1 Å². The molecule has 1 amide bonds. The zero-order valence-electron chi connectivity index (χ0n) is 12.0. The van der Waals surface area contributed by atoms with Crippen LogP contribution < -0.4 is 0 Å². The van der Waals surface area contributed by atoms with Gasteiger partial charge in [-0.3, -0.25) is 4.79 Å². The number of rotatable bonds is 2. The number of fused-ring (bicyclic) bond motifs is 1. The first-order valence-electron chi connectivity index (χ1n) is 6.76. The average Bonchev–Trinajstić information content (AvgIpc) is 2.89. The number of hydrogen-bond donors (Lipinski definition) is 1. The Labute approximate surface area is 141 Å². The maximum atomic E-state index is 12.8. The number of nitrogens with zero attached hydrogens (tertiary/aromatic N) is 4. The highest BCUT2D eigenvalue weighted by molar-refractivity contribution is 6.43. The summed E-state index contributed by atoms with van der Waals surface area (Å²) in [5.41, 5.74) is 0.162. The van der Waals surface area contributed by atoms with E-state index in [0.717, 1.165) is 0 Å². The number of aromatic nitrogens is 3. The fourth-order valence-electron chi connectivity index (χ4n) is 2.56. The van der Waals surface area contributed by atoms with Gasteiger partial charge in [-0.2, -0.15) is 0 Å². The first kappa shape index (κ1) is 15.8. The smallest absolute Gasteiger partial charge is 0.328 e. The Balaban J connectivity index is 2.01. The van der Waals surface area contributed by atoms with E-state index in [-0.39, 0.29) is 28.7 Å². The SMILES string of the molecule is Cc1nnc2n1CC(C(=O)O)N(C(=O)c1cccc(Cl)c1Cl)C2. The lowest BCUT2D eigenvalue weighted by molar-refractivity contribution is -0.143. The fraction of sp³-hybridized carbons (Fsp3) is 0.286. The van der Waals surface area contributed by atoms with Crippen LogP contribution in [0.25, 0.3) is 0 Å². The summed E-state index contributed by atoms with van der Waals surface area (Å²) in [6.07, 6.45) is 0. The summed E-state index contributed by atoms with van der Waals surface area (Å²) >= 11 is 12.0. The average molecular weight is 355 g/mol. The van der Waals surface area contributed by atoms with Crippen molar-refractivity contribution in [1.82, 2.24) is 19.7 Å². The van der Waals surface area contributed by atoms with E-state index in [9.17, 15) is 14.7 Å². The van der Waals surface area contributed by atoms with Crippen LogP contribution >= 0.6 is 23.2 Å². The number of aryl methyl sites for hydroxylation is 1. The summed E-state index contributed by atoms with van der Waals surface area (Å²) in [5, 5.41) is 17.7. The highest BCUT2D eigenvalue weighted by atomic mass is 35.5. The van der Waals surface area contributed by atoms with Crippen LogP contribution in [0.1, 0.15) is 22.0 Å². The molecule has 1 aromatic heterocycles. The zero-order chi connectivity index (χ0) is 16.7. The first-order valence-corrected chi connectivity index (χ1v) is 7.52. The molecule has 1 aromatic carbocycles. The van der Waals surface area contributed by atoms with Gasteiger partial charge in [-0.25, -0.2) is 4.79 Å². The van der Waals surface area contributed by atoms with E-state index < -0.39 is 17.9 Å². The van der Waals surface area contributed by atoms with Crippen molar-refractivity contribution in [1.29, 1.82) is 0 Å². The van der Waals surface area contributed by atoms with E-state index in [1.165, 1.54) is 11.0 Å². The minimum absolute atomic E-state index is 0.0412.